The van der Waals surface area contributed by atoms with Gasteiger partial charge in [-0.2, -0.15) is 0 Å². The molecule has 0 saturated heterocycles. The van der Waals surface area contributed by atoms with Gasteiger partial charge in [0.05, 0.1) is 10.0 Å². The van der Waals surface area contributed by atoms with Crippen LogP contribution in [0.25, 0.3) is 0 Å². The average molecular weight is 253 g/mol. The van der Waals surface area contributed by atoms with E-state index in [0.29, 0.717) is 0 Å². The number of hydrogen-bond acceptors (Lipinski definition) is 2. The molecule has 0 radical (unpaired) electrons. The molecular formula is C7H3BrClFO2. The van der Waals surface area contributed by atoms with E-state index < -0.39 is 11.1 Å². The molecule has 0 fully saturated rings. The summed E-state index contributed by atoms with van der Waals surface area (Å²) in [6, 6.07) is 1.94. The second-order valence-electron chi connectivity index (χ2n) is 2.06. The summed E-state index contributed by atoms with van der Waals surface area (Å²) in [7, 11) is 0. The molecule has 0 aromatic heterocycles. The summed E-state index contributed by atoms with van der Waals surface area (Å²) in [6.45, 7) is 0. The maximum absolute atomic E-state index is 12.8. The number of phenolic OH excluding ortho intramolecular Hbond substituents is 1. The van der Waals surface area contributed by atoms with Crippen LogP contribution in [0.5, 0.6) is 5.75 Å². The zero-order chi connectivity index (χ0) is 9.30. The van der Waals surface area contributed by atoms with Crippen molar-refractivity contribution in [1.29, 1.82) is 0 Å². The van der Waals surface area contributed by atoms with Crippen molar-refractivity contribution in [2.45, 2.75) is 0 Å². The molecule has 0 aliphatic heterocycles. The molecule has 0 amide bonds. The van der Waals surface area contributed by atoms with E-state index in [-0.39, 0.29) is 15.8 Å². The minimum atomic E-state index is -0.895. The number of hydrogen-bond donors (Lipinski definition) is 1. The zero-order valence-electron chi connectivity index (χ0n) is 5.64. The minimum absolute atomic E-state index is 0.230. The zero-order valence-corrected chi connectivity index (χ0v) is 7.99. The minimum Gasteiger partial charge on any atom is -0.507 e. The third-order valence-corrected chi connectivity index (χ3v) is 2.09. The summed E-state index contributed by atoms with van der Waals surface area (Å²) in [5.74, 6) is -1.11. The van der Waals surface area contributed by atoms with Crippen molar-refractivity contribution in [2.24, 2.45) is 0 Å². The second kappa shape index (κ2) is 3.41. The molecule has 0 unspecified atom stereocenters. The van der Waals surface area contributed by atoms with Gasteiger partial charge >= 0.3 is 0 Å². The lowest BCUT2D eigenvalue weighted by molar-refractivity contribution is 0.107. The molecule has 0 spiro atoms. The molecule has 0 heterocycles. The molecule has 1 N–H and O–H groups in total. The summed E-state index contributed by atoms with van der Waals surface area (Å²) >= 11 is 7.97. The predicted octanol–water partition coefficient (Wildman–Crippen LogP) is 2.67. The molecule has 0 aliphatic rings. The van der Waals surface area contributed by atoms with Gasteiger partial charge in [0.25, 0.3) is 5.24 Å². The van der Waals surface area contributed by atoms with Crippen LogP contribution < -0.4 is 0 Å². The molecule has 1 rings (SSSR count). The standard InChI is InChI=1S/C7H3BrClFO2/c8-4-1-3(7(9)12)5(10)2-6(4)11/h1-2,11H. The summed E-state index contributed by atoms with van der Waals surface area (Å²) in [5, 5.41) is 8.07. The fourth-order valence-electron chi connectivity index (χ4n) is 0.687. The van der Waals surface area contributed by atoms with Gasteiger partial charge in [0, 0.05) is 6.07 Å². The second-order valence-corrected chi connectivity index (χ2v) is 3.25. The molecular weight excluding hydrogens is 250 g/mol. The average Bonchev–Trinajstić information content (AvgIpc) is 1.96. The Hall–Kier alpha value is -0.610. The van der Waals surface area contributed by atoms with Crippen LogP contribution in [-0.2, 0) is 0 Å². The van der Waals surface area contributed by atoms with Crippen molar-refractivity contribution in [1.82, 2.24) is 0 Å². The van der Waals surface area contributed by atoms with Gasteiger partial charge in [-0.05, 0) is 33.6 Å². The fraction of sp³-hybridized carbons (Fsp3) is 0. The summed E-state index contributed by atoms with van der Waals surface area (Å²) in [4.78, 5) is 10.6. The monoisotopic (exact) mass is 252 g/mol. The van der Waals surface area contributed by atoms with E-state index in [1.165, 1.54) is 0 Å². The van der Waals surface area contributed by atoms with Gasteiger partial charge in [0.15, 0.2) is 0 Å². The molecule has 0 saturated carbocycles. The molecule has 0 bridgehead atoms. The first-order valence-corrected chi connectivity index (χ1v) is 4.07. The van der Waals surface area contributed by atoms with Crippen molar-refractivity contribution in [3.05, 3.63) is 28.0 Å². The molecule has 2 nitrogen and oxygen atoms in total. The van der Waals surface area contributed by atoms with Gasteiger partial charge in [0.2, 0.25) is 0 Å². The van der Waals surface area contributed by atoms with Gasteiger partial charge < -0.3 is 5.11 Å². The SMILES string of the molecule is O=C(Cl)c1cc(Br)c(O)cc1F. The molecule has 1 aromatic carbocycles. The molecule has 12 heavy (non-hydrogen) atoms. The van der Waals surface area contributed by atoms with Gasteiger partial charge in [-0.3, -0.25) is 4.79 Å². The van der Waals surface area contributed by atoms with E-state index >= 15 is 0 Å². The van der Waals surface area contributed by atoms with Crippen LogP contribution in [0.1, 0.15) is 10.4 Å². The predicted molar refractivity (Wildman–Crippen MR) is 45.9 cm³/mol. The van der Waals surface area contributed by atoms with Crippen LogP contribution in [0.2, 0.25) is 0 Å². The maximum atomic E-state index is 12.8. The Morgan fingerprint density at radius 2 is 2.17 bits per heavy atom. The van der Waals surface area contributed by atoms with E-state index in [1.807, 2.05) is 0 Å². The van der Waals surface area contributed by atoms with Crippen LogP contribution in [-0.4, -0.2) is 10.3 Å². The lowest BCUT2D eigenvalue weighted by atomic mass is 10.2. The molecule has 1 aromatic rings. The number of benzene rings is 1. The van der Waals surface area contributed by atoms with Crippen molar-refractivity contribution in [3.8, 4) is 5.75 Å². The van der Waals surface area contributed by atoms with E-state index in [0.717, 1.165) is 12.1 Å². The molecule has 5 heteroatoms. The summed E-state index contributed by atoms with van der Waals surface area (Å²) < 4.78 is 13.0. The third-order valence-electron chi connectivity index (χ3n) is 1.25. The first-order valence-electron chi connectivity index (χ1n) is 2.90. The van der Waals surface area contributed by atoms with E-state index in [2.05, 4.69) is 15.9 Å². The Morgan fingerprint density at radius 1 is 1.58 bits per heavy atom. The van der Waals surface area contributed by atoms with Gasteiger partial charge in [-0.25, -0.2) is 4.39 Å². The van der Waals surface area contributed by atoms with Gasteiger partial charge in [-0.1, -0.05) is 0 Å². The van der Waals surface area contributed by atoms with Crippen LogP contribution in [0.4, 0.5) is 4.39 Å². The number of phenols is 1. The van der Waals surface area contributed by atoms with E-state index in [9.17, 15) is 9.18 Å². The smallest absolute Gasteiger partial charge is 0.255 e. The number of carbonyl (C=O) groups is 1. The number of carbonyl (C=O) groups excluding carboxylic acids is 1. The lowest BCUT2D eigenvalue weighted by Gasteiger charge is -2.00. The van der Waals surface area contributed by atoms with Crippen LogP contribution in [0, 0.1) is 5.82 Å². The first-order chi connectivity index (χ1) is 5.52. The normalized spacial score (nSPS) is 9.92. The number of aromatic hydroxyl groups is 1. The quantitative estimate of drug-likeness (QED) is 0.781. The van der Waals surface area contributed by atoms with Crippen LogP contribution in [0.15, 0.2) is 16.6 Å². The van der Waals surface area contributed by atoms with Crippen molar-refractivity contribution >= 4 is 32.8 Å². The fourth-order valence-corrected chi connectivity index (χ4v) is 1.18. The third kappa shape index (κ3) is 1.76. The highest BCUT2D eigenvalue weighted by molar-refractivity contribution is 9.10. The molecule has 64 valence electrons. The Balaban J connectivity index is 3.33. The van der Waals surface area contributed by atoms with Crippen molar-refractivity contribution in [2.75, 3.05) is 0 Å². The van der Waals surface area contributed by atoms with Gasteiger partial charge in [-0.15, -0.1) is 0 Å². The number of halogens is 3. The largest absolute Gasteiger partial charge is 0.507 e. The first kappa shape index (κ1) is 9.48. The van der Waals surface area contributed by atoms with Gasteiger partial charge in [0.1, 0.15) is 11.6 Å². The van der Waals surface area contributed by atoms with Crippen molar-refractivity contribution in [3.63, 3.8) is 0 Å². The highest BCUT2D eigenvalue weighted by atomic mass is 79.9. The summed E-state index contributed by atoms with van der Waals surface area (Å²) in [5.41, 5.74) is -0.263. The summed E-state index contributed by atoms with van der Waals surface area (Å²) in [6.07, 6.45) is 0. The Kier molecular flexibility index (Phi) is 2.69. The molecule has 0 atom stereocenters. The maximum Gasteiger partial charge on any atom is 0.255 e. The number of rotatable bonds is 1. The van der Waals surface area contributed by atoms with E-state index in [1.54, 1.807) is 0 Å². The Morgan fingerprint density at radius 3 is 2.67 bits per heavy atom. The van der Waals surface area contributed by atoms with Crippen LogP contribution in [0.3, 0.4) is 0 Å². The van der Waals surface area contributed by atoms with E-state index in [4.69, 9.17) is 16.7 Å². The Labute approximate surface area is 81.1 Å². The Bertz CT molecular complexity index is 340. The topological polar surface area (TPSA) is 37.3 Å². The highest BCUT2D eigenvalue weighted by Crippen LogP contribution is 2.27. The lowest BCUT2D eigenvalue weighted by Crippen LogP contribution is -1.93. The molecule has 0 aliphatic carbocycles. The highest BCUT2D eigenvalue weighted by Gasteiger charge is 2.12. The van der Waals surface area contributed by atoms with Crippen LogP contribution >= 0.6 is 27.5 Å². The van der Waals surface area contributed by atoms with Crippen molar-refractivity contribution < 1.29 is 14.3 Å².